The lowest BCUT2D eigenvalue weighted by atomic mass is 10.0. The first-order valence-corrected chi connectivity index (χ1v) is 12.5. The van der Waals surface area contributed by atoms with E-state index in [1.165, 1.54) is 15.3 Å². The van der Waals surface area contributed by atoms with Crippen LogP contribution in [0.4, 0.5) is 4.79 Å². The maximum atomic E-state index is 13.5. The van der Waals surface area contributed by atoms with E-state index in [4.69, 9.17) is 9.47 Å². The van der Waals surface area contributed by atoms with Gasteiger partial charge < -0.3 is 24.8 Å². The van der Waals surface area contributed by atoms with E-state index in [9.17, 15) is 18.3 Å². The van der Waals surface area contributed by atoms with E-state index < -0.39 is 22.2 Å². The number of likely N-dealkylation sites (N-methyl/N-ethyl adjacent to an activating group) is 1. The lowest BCUT2D eigenvalue weighted by Gasteiger charge is -2.37. The van der Waals surface area contributed by atoms with Crippen LogP contribution in [0, 0.1) is 17.8 Å². The van der Waals surface area contributed by atoms with E-state index in [0.717, 1.165) is 6.42 Å². The maximum Gasteiger partial charge on any atom is 0.317 e. The fraction of sp³-hybridized carbons (Fsp3) is 0.609. The number of urea groups is 1. The number of fused-ring (bicyclic) bond motifs is 1. The molecule has 0 radical (unpaired) electrons. The lowest BCUT2D eigenvalue weighted by molar-refractivity contribution is 0.0812. The van der Waals surface area contributed by atoms with E-state index in [2.05, 4.69) is 17.2 Å². The molecular weight excluding hydrogens is 446 g/mol. The number of benzene rings is 1. The largest absolute Gasteiger partial charge is 0.487 e. The van der Waals surface area contributed by atoms with Gasteiger partial charge in [-0.05, 0) is 31.5 Å². The van der Waals surface area contributed by atoms with Gasteiger partial charge in [0.2, 0.25) is 10.0 Å². The smallest absolute Gasteiger partial charge is 0.317 e. The second kappa shape index (κ2) is 12.2. The first kappa shape index (κ1) is 26.9. The molecular formula is C23H35N3O6S. The molecule has 2 rings (SSSR count). The van der Waals surface area contributed by atoms with Crippen LogP contribution >= 0.6 is 0 Å². The molecule has 1 aromatic carbocycles. The number of hydrogen-bond donors (Lipinski definition) is 2. The standard InChI is InChI=1S/C23H35N3O6S/c1-6-11-24-23(28)25(4)15-21-17(2)14-26(18(3)16-27)33(29,30)22-10-9-19(8-7-12-31-5)13-20(22)32-21/h9-10,13,17-18,21,27H,6,11-12,14-16H2,1-5H3,(H,24,28)/t17-,18-,21-/m1/s1. The number of hydrogen-bond acceptors (Lipinski definition) is 6. The van der Waals surface area contributed by atoms with Crippen molar-refractivity contribution in [3.8, 4) is 17.6 Å². The van der Waals surface area contributed by atoms with Gasteiger partial charge in [-0.2, -0.15) is 4.31 Å². The molecule has 0 aromatic heterocycles. The fourth-order valence-electron chi connectivity index (χ4n) is 3.45. The highest BCUT2D eigenvalue weighted by Gasteiger charge is 2.38. The molecule has 0 bridgehead atoms. The minimum Gasteiger partial charge on any atom is -0.487 e. The number of aliphatic hydroxyl groups excluding tert-OH is 1. The molecule has 0 spiro atoms. The van der Waals surface area contributed by atoms with Crippen LogP contribution in [0.15, 0.2) is 23.1 Å². The van der Waals surface area contributed by atoms with E-state index in [1.807, 2.05) is 13.8 Å². The molecule has 0 aliphatic carbocycles. The average molecular weight is 482 g/mol. The van der Waals surface area contributed by atoms with Crippen LogP contribution in [0.5, 0.6) is 5.75 Å². The van der Waals surface area contributed by atoms with Crippen molar-refractivity contribution in [1.29, 1.82) is 0 Å². The molecule has 0 fully saturated rings. The third-order valence-electron chi connectivity index (χ3n) is 5.44. The average Bonchev–Trinajstić information content (AvgIpc) is 2.79. The number of amides is 2. The van der Waals surface area contributed by atoms with Gasteiger partial charge in [0.05, 0.1) is 13.2 Å². The zero-order chi connectivity index (χ0) is 24.6. The summed E-state index contributed by atoms with van der Waals surface area (Å²) in [4.78, 5) is 13.9. The quantitative estimate of drug-likeness (QED) is 0.572. The molecule has 2 N–H and O–H groups in total. The summed E-state index contributed by atoms with van der Waals surface area (Å²) in [5, 5.41) is 12.6. The van der Waals surface area contributed by atoms with Gasteiger partial charge in [-0.3, -0.25) is 0 Å². The second-order valence-electron chi connectivity index (χ2n) is 8.25. The van der Waals surface area contributed by atoms with E-state index in [0.29, 0.717) is 12.1 Å². The Hall–Kier alpha value is -2.32. The Morgan fingerprint density at radius 3 is 2.82 bits per heavy atom. The summed E-state index contributed by atoms with van der Waals surface area (Å²) in [5.41, 5.74) is 0.587. The Morgan fingerprint density at radius 2 is 2.18 bits per heavy atom. The Bertz CT molecular complexity index is 972. The Morgan fingerprint density at radius 1 is 1.45 bits per heavy atom. The molecule has 1 heterocycles. The predicted octanol–water partition coefficient (Wildman–Crippen LogP) is 1.50. The van der Waals surface area contributed by atoms with Crippen LogP contribution in [0.1, 0.15) is 32.8 Å². The predicted molar refractivity (Wildman–Crippen MR) is 126 cm³/mol. The molecule has 0 saturated heterocycles. The normalized spacial score (nSPS) is 20.8. The monoisotopic (exact) mass is 481 g/mol. The number of sulfonamides is 1. The van der Waals surface area contributed by atoms with Crippen molar-refractivity contribution in [2.75, 3.05) is 47.0 Å². The molecule has 10 heteroatoms. The summed E-state index contributed by atoms with van der Waals surface area (Å²) in [6.45, 7) is 6.42. The first-order valence-electron chi connectivity index (χ1n) is 11.1. The Kier molecular flexibility index (Phi) is 9.98. The summed E-state index contributed by atoms with van der Waals surface area (Å²) in [6, 6.07) is 3.86. The topological polar surface area (TPSA) is 108 Å². The van der Waals surface area contributed by atoms with Crippen molar-refractivity contribution in [3.05, 3.63) is 23.8 Å². The van der Waals surface area contributed by atoms with Gasteiger partial charge in [-0.25, -0.2) is 13.2 Å². The van der Waals surface area contributed by atoms with Gasteiger partial charge >= 0.3 is 6.03 Å². The molecule has 0 unspecified atom stereocenters. The summed E-state index contributed by atoms with van der Waals surface area (Å²) >= 11 is 0. The van der Waals surface area contributed by atoms with Crippen molar-refractivity contribution >= 4 is 16.1 Å². The SMILES string of the molecule is CCCNC(=O)N(C)C[C@H]1Oc2cc(C#CCOC)ccc2S(=O)(=O)N([C@H](C)CO)C[C@H]1C. The van der Waals surface area contributed by atoms with Gasteiger partial charge in [0.15, 0.2) is 0 Å². The van der Waals surface area contributed by atoms with Gasteiger partial charge in [-0.1, -0.05) is 25.7 Å². The highest BCUT2D eigenvalue weighted by molar-refractivity contribution is 7.89. The molecule has 1 aliphatic rings. The summed E-state index contributed by atoms with van der Waals surface area (Å²) in [7, 11) is -0.705. The zero-order valence-electron chi connectivity index (χ0n) is 20.0. The zero-order valence-corrected chi connectivity index (χ0v) is 20.8. The lowest BCUT2D eigenvalue weighted by Crippen LogP contribution is -2.51. The third-order valence-corrected chi connectivity index (χ3v) is 7.46. The van der Waals surface area contributed by atoms with Crippen molar-refractivity contribution in [3.63, 3.8) is 0 Å². The van der Waals surface area contributed by atoms with Crippen LogP contribution in [-0.2, 0) is 14.8 Å². The summed E-state index contributed by atoms with van der Waals surface area (Å²) in [5.74, 6) is 5.70. The number of rotatable bonds is 7. The van der Waals surface area contributed by atoms with Crippen LogP contribution < -0.4 is 10.1 Å². The number of nitrogens with zero attached hydrogens (tertiary/aromatic N) is 2. The number of carbonyl (C=O) groups excluding carboxylic acids is 1. The molecule has 33 heavy (non-hydrogen) atoms. The molecule has 1 aliphatic heterocycles. The fourth-order valence-corrected chi connectivity index (χ4v) is 5.28. The third kappa shape index (κ3) is 6.84. The number of aliphatic hydroxyl groups is 1. The van der Waals surface area contributed by atoms with Crippen molar-refractivity contribution in [2.24, 2.45) is 5.92 Å². The minimum absolute atomic E-state index is 0.00933. The molecule has 9 nitrogen and oxygen atoms in total. The van der Waals surface area contributed by atoms with Crippen LogP contribution in [0.2, 0.25) is 0 Å². The molecule has 3 atom stereocenters. The molecule has 1 aromatic rings. The van der Waals surface area contributed by atoms with E-state index in [1.54, 1.807) is 33.2 Å². The number of ether oxygens (including phenoxy) is 2. The van der Waals surface area contributed by atoms with Crippen molar-refractivity contribution in [2.45, 2.75) is 44.2 Å². The summed E-state index contributed by atoms with van der Waals surface area (Å²) in [6.07, 6.45) is 0.342. The van der Waals surface area contributed by atoms with Crippen molar-refractivity contribution in [1.82, 2.24) is 14.5 Å². The van der Waals surface area contributed by atoms with Gasteiger partial charge in [-0.15, -0.1) is 0 Å². The molecule has 0 saturated carbocycles. The van der Waals surface area contributed by atoms with Crippen LogP contribution in [0.3, 0.4) is 0 Å². The molecule has 2 amide bonds. The van der Waals surface area contributed by atoms with Crippen LogP contribution in [0.25, 0.3) is 0 Å². The van der Waals surface area contributed by atoms with Crippen molar-refractivity contribution < 1.29 is 27.8 Å². The van der Waals surface area contributed by atoms with E-state index in [-0.39, 0.29) is 48.9 Å². The number of carbonyl (C=O) groups is 1. The first-order chi connectivity index (χ1) is 15.6. The van der Waals surface area contributed by atoms with Gasteiger partial charge in [0.1, 0.15) is 23.4 Å². The number of methoxy groups -OCH3 is 1. The summed E-state index contributed by atoms with van der Waals surface area (Å²) < 4.78 is 39.4. The molecule has 184 valence electrons. The highest BCUT2D eigenvalue weighted by atomic mass is 32.2. The van der Waals surface area contributed by atoms with Gasteiger partial charge in [0.25, 0.3) is 0 Å². The highest BCUT2D eigenvalue weighted by Crippen LogP contribution is 2.34. The van der Waals surface area contributed by atoms with E-state index >= 15 is 0 Å². The maximum absolute atomic E-state index is 13.5. The minimum atomic E-state index is -3.93. The van der Waals surface area contributed by atoms with Gasteiger partial charge in [0, 0.05) is 44.8 Å². The van der Waals surface area contributed by atoms with Crippen LogP contribution in [-0.4, -0.2) is 87.9 Å². The second-order valence-corrected chi connectivity index (χ2v) is 10.1. The number of nitrogens with one attached hydrogen (secondary N) is 1. The Balaban J connectivity index is 2.48. The Labute approximate surface area is 197 Å².